The highest BCUT2D eigenvalue weighted by atomic mass is 16.6. The quantitative estimate of drug-likeness (QED) is 0.0608. The summed E-state index contributed by atoms with van der Waals surface area (Å²) in [6.07, 6.45) is 0.400. The van der Waals surface area contributed by atoms with Gasteiger partial charge in [0, 0.05) is 22.2 Å². The molecule has 0 N–H and O–H groups in total. The lowest BCUT2D eigenvalue weighted by Crippen LogP contribution is -2.27. The Balaban J connectivity index is 0.659. The maximum atomic E-state index is 13.0. The van der Waals surface area contributed by atoms with Gasteiger partial charge < -0.3 is 37.9 Å². The smallest absolute Gasteiger partial charge is 0.414 e. The van der Waals surface area contributed by atoms with E-state index in [0.29, 0.717) is 38.5 Å². The average Bonchev–Trinajstić information content (AvgIpc) is 4.36. The fraction of sp³-hybridized carbons (Fsp3) is 0.377. The van der Waals surface area contributed by atoms with Crippen molar-refractivity contribution in [3.05, 3.63) is 185 Å². The predicted octanol–water partition coefficient (Wildman–Crippen LogP) is 11.6. The fourth-order valence-corrected chi connectivity index (χ4v) is 9.50. The first-order valence-corrected chi connectivity index (χ1v) is 25.5. The molecule has 12 nitrogen and oxygen atoms in total. The first-order valence-electron chi connectivity index (χ1n) is 25.5. The summed E-state index contributed by atoms with van der Waals surface area (Å²) in [5, 5.41) is 0. The molecule has 0 saturated carbocycles. The molecule has 4 aliphatic rings. The Labute approximate surface area is 429 Å². The van der Waals surface area contributed by atoms with Crippen molar-refractivity contribution in [2.24, 2.45) is 0 Å². The molecule has 0 aromatic heterocycles. The van der Waals surface area contributed by atoms with Crippen LogP contribution >= 0.6 is 0 Å². The van der Waals surface area contributed by atoms with Crippen LogP contribution < -0.4 is 24.0 Å². The lowest BCUT2D eigenvalue weighted by Gasteiger charge is -2.31. The van der Waals surface area contributed by atoms with Crippen LogP contribution in [0.5, 0.6) is 17.2 Å². The number of cyclic esters (lactones) is 2. The van der Waals surface area contributed by atoms with Crippen molar-refractivity contribution in [3.8, 4) is 17.2 Å². The van der Waals surface area contributed by atoms with E-state index >= 15 is 0 Å². The molecule has 73 heavy (non-hydrogen) atoms. The van der Waals surface area contributed by atoms with Crippen LogP contribution in [0.1, 0.15) is 86.9 Å². The number of hydrogen-bond donors (Lipinski definition) is 0. The van der Waals surface area contributed by atoms with Crippen LogP contribution in [0, 0.1) is 0 Å². The van der Waals surface area contributed by atoms with Gasteiger partial charge >= 0.3 is 12.2 Å². The molecule has 4 aliphatic heterocycles. The lowest BCUT2D eigenvalue weighted by molar-refractivity contribution is -0.0454. The molecular weight excluding hydrogens is 921 g/mol. The second-order valence-corrected chi connectivity index (χ2v) is 20.9. The largest absolute Gasteiger partial charge is 0.491 e. The highest BCUT2D eigenvalue weighted by Crippen LogP contribution is 2.37. The van der Waals surface area contributed by atoms with Gasteiger partial charge in [0.25, 0.3) is 0 Å². The van der Waals surface area contributed by atoms with Gasteiger partial charge in [-0.25, -0.2) is 9.59 Å². The van der Waals surface area contributed by atoms with Gasteiger partial charge in [-0.1, -0.05) is 120 Å². The van der Waals surface area contributed by atoms with E-state index in [2.05, 4.69) is 102 Å². The Morgan fingerprint density at radius 3 is 1.14 bits per heavy atom. The van der Waals surface area contributed by atoms with Crippen molar-refractivity contribution in [2.45, 2.75) is 95.2 Å². The van der Waals surface area contributed by atoms with Crippen molar-refractivity contribution in [2.75, 3.05) is 62.5 Å². The maximum absolute atomic E-state index is 13.0. The summed E-state index contributed by atoms with van der Waals surface area (Å²) >= 11 is 0. The van der Waals surface area contributed by atoms with Gasteiger partial charge in [0.1, 0.15) is 49.3 Å². The van der Waals surface area contributed by atoms with E-state index in [1.54, 1.807) is 9.80 Å². The van der Waals surface area contributed by atoms with Gasteiger partial charge in [-0.3, -0.25) is 9.80 Å². The minimum Gasteiger partial charge on any atom is -0.491 e. The van der Waals surface area contributed by atoms with Gasteiger partial charge in [0.2, 0.25) is 0 Å². The number of carbonyl (C=O) groups is 2. The number of hydrogen-bond acceptors (Lipinski definition) is 10. The van der Waals surface area contributed by atoms with E-state index in [-0.39, 0.29) is 41.9 Å². The monoisotopic (exact) mass is 986 g/mol. The van der Waals surface area contributed by atoms with Crippen molar-refractivity contribution in [3.63, 3.8) is 0 Å². The lowest BCUT2D eigenvalue weighted by atomic mass is 9.77. The number of rotatable bonds is 22. The van der Waals surface area contributed by atoms with Crippen LogP contribution in [0.2, 0.25) is 0 Å². The summed E-state index contributed by atoms with van der Waals surface area (Å²) in [5.41, 5.74) is 8.77. The van der Waals surface area contributed by atoms with Gasteiger partial charge in [-0.15, -0.1) is 0 Å². The summed E-state index contributed by atoms with van der Waals surface area (Å²) in [6.45, 7) is 17.2. The van der Waals surface area contributed by atoms with Crippen molar-refractivity contribution in [1.82, 2.24) is 0 Å². The number of epoxide rings is 2. The van der Waals surface area contributed by atoms with E-state index in [1.807, 2.05) is 84.9 Å². The number of anilines is 2. The van der Waals surface area contributed by atoms with E-state index in [4.69, 9.17) is 37.9 Å². The standard InChI is InChI=1S/C61H66N2O10/c1-7-61(6,71-40-56-39-70-56)47-14-12-43(13-15-47)59(2,3)44-16-26-50(27-17-44)66-35-53-33-62(57(64)72-53)48-22-8-41(9-23-48)32-42-10-24-49(25-11-42)63-34-54(73-58(63)65)36-67-51-28-18-45(19-29-51)60(4,5)46-20-30-52(31-21-46)68-37-55-38-69-55/h8-31,53-56H,7,32-40H2,1-6H3. The van der Waals surface area contributed by atoms with Crippen molar-refractivity contribution < 1.29 is 47.5 Å². The van der Waals surface area contributed by atoms with E-state index in [1.165, 1.54) is 16.7 Å². The van der Waals surface area contributed by atoms with Gasteiger partial charge in [0.05, 0.1) is 38.5 Å². The molecule has 12 heteroatoms. The normalized spacial score (nSPS) is 20.3. The van der Waals surface area contributed by atoms with Crippen molar-refractivity contribution in [1.29, 1.82) is 0 Å². The zero-order valence-corrected chi connectivity index (χ0v) is 42.7. The third kappa shape index (κ3) is 11.7. The molecule has 5 atom stereocenters. The Morgan fingerprint density at radius 2 is 0.781 bits per heavy atom. The zero-order valence-electron chi connectivity index (χ0n) is 42.7. The number of carbonyl (C=O) groups excluding carboxylic acids is 2. The Bertz CT molecular complexity index is 2820. The first-order chi connectivity index (χ1) is 35.2. The highest BCUT2D eigenvalue weighted by molar-refractivity contribution is 5.90. The molecule has 380 valence electrons. The Kier molecular flexibility index (Phi) is 14.3. The molecule has 4 saturated heterocycles. The molecule has 2 amide bonds. The number of amides is 2. The molecule has 6 aromatic carbocycles. The molecule has 0 radical (unpaired) electrons. The van der Waals surface area contributed by atoms with Gasteiger partial charge in [0.15, 0.2) is 12.2 Å². The second kappa shape index (κ2) is 20.9. The first kappa shape index (κ1) is 49.7. The predicted molar refractivity (Wildman–Crippen MR) is 281 cm³/mol. The molecule has 6 aromatic rings. The van der Waals surface area contributed by atoms with Crippen LogP contribution in [0.25, 0.3) is 0 Å². The minimum atomic E-state index is -0.412. The maximum Gasteiger partial charge on any atom is 0.414 e. The molecule has 4 heterocycles. The summed E-state index contributed by atoms with van der Waals surface area (Å²) in [6, 6.07) is 49.2. The molecule has 0 aliphatic carbocycles. The van der Waals surface area contributed by atoms with Gasteiger partial charge in [-0.05, 0) is 119 Å². The van der Waals surface area contributed by atoms with Crippen LogP contribution in [0.4, 0.5) is 21.0 Å². The van der Waals surface area contributed by atoms with Crippen LogP contribution in [0.15, 0.2) is 146 Å². The van der Waals surface area contributed by atoms with Crippen LogP contribution in [0.3, 0.4) is 0 Å². The molecule has 0 spiro atoms. The van der Waals surface area contributed by atoms with Crippen LogP contribution in [-0.4, -0.2) is 89.3 Å². The summed E-state index contributed by atoms with van der Waals surface area (Å²) in [4.78, 5) is 29.3. The van der Waals surface area contributed by atoms with E-state index in [9.17, 15) is 9.59 Å². The molecule has 4 fully saturated rings. The summed E-state index contributed by atoms with van der Waals surface area (Å²) in [5.74, 6) is 2.27. The summed E-state index contributed by atoms with van der Waals surface area (Å²) in [7, 11) is 0. The second-order valence-electron chi connectivity index (χ2n) is 20.9. The Hall–Kier alpha value is -6.86. The highest BCUT2D eigenvalue weighted by Gasteiger charge is 2.36. The van der Waals surface area contributed by atoms with E-state index < -0.39 is 24.4 Å². The number of nitrogens with zero attached hydrogens (tertiary/aromatic N) is 2. The SMILES string of the molecule is CCC(C)(OCC1CO1)c1ccc(C(C)(C)c2ccc(OCC3CN(c4ccc(Cc5ccc(N6CC(COc7ccc(C(C)(C)c8ccc(OCC9CO9)cc8)cc7)OC6=O)cc5)cc4)C(=O)O3)cc2)cc1. The minimum absolute atomic E-state index is 0.222. The van der Waals surface area contributed by atoms with Gasteiger partial charge in [-0.2, -0.15) is 0 Å². The van der Waals surface area contributed by atoms with Crippen molar-refractivity contribution >= 4 is 23.6 Å². The Morgan fingerprint density at radius 1 is 0.452 bits per heavy atom. The average molecular weight is 987 g/mol. The number of ether oxygens (including phenoxy) is 8. The summed E-state index contributed by atoms with van der Waals surface area (Å²) < 4.78 is 46.4. The molecule has 5 unspecified atom stereocenters. The van der Waals surface area contributed by atoms with E-state index in [0.717, 1.165) is 64.8 Å². The van der Waals surface area contributed by atoms with Crippen LogP contribution in [-0.2, 0) is 46.5 Å². The third-order valence-electron chi connectivity index (χ3n) is 15.0. The third-order valence-corrected chi connectivity index (χ3v) is 15.0. The number of benzene rings is 6. The topological polar surface area (TPSA) is 121 Å². The fourth-order valence-electron chi connectivity index (χ4n) is 9.50. The zero-order chi connectivity index (χ0) is 50.7. The molecule has 0 bridgehead atoms. The molecular formula is C61H66N2O10. The molecule has 10 rings (SSSR count).